The lowest BCUT2D eigenvalue weighted by Gasteiger charge is -2.19. The van der Waals surface area contributed by atoms with E-state index >= 15 is 0 Å². The summed E-state index contributed by atoms with van der Waals surface area (Å²) in [7, 11) is 0. The van der Waals surface area contributed by atoms with Gasteiger partial charge in [-0.1, -0.05) is 73.8 Å². The Labute approximate surface area is 156 Å². The molecule has 0 radical (unpaired) electrons. The summed E-state index contributed by atoms with van der Waals surface area (Å²) in [6, 6.07) is -0.0829. The lowest BCUT2D eigenvalue weighted by Crippen LogP contribution is -2.30. The molecule has 0 aliphatic carbocycles. The molecule has 23 heavy (non-hydrogen) atoms. The summed E-state index contributed by atoms with van der Waals surface area (Å²) < 4.78 is -1.27. The van der Waals surface area contributed by atoms with Crippen molar-refractivity contribution in [3.63, 3.8) is 0 Å². The molecule has 0 saturated heterocycles. The molecule has 0 aliphatic heterocycles. The van der Waals surface area contributed by atoms with Crippen molar-refractivity contribution in [2.45, 2.75) is 37.0 Å². The van der Waals surface area contributed by atoms with Crippen LogP contribution in [-0.2, 0) is 4.79 Å². The first-order valence-electron chi connectivity index (χ1n) is 7.31. The van der Waals surface area contributed by atoms with E-state index in [4.69, 9.17) is 34.8 Å². The standard InChI is InChI=1S/C16H21Cl3N2OS/c1-11(2)14(15-20-9-10-23-15)21-13(22)8-6-4-5-7-12(3)16(17,18)19/h4-6,8-12,14H,7H2,1-3H3,(H,21,22)/b5-4+,8-6+. The van der Waals surface area contributed by atoms with Crippen LogP contribution in [0.2, 0.25) is 0 Å². The van der Waals surface area contributed by atoms with Gasteiger partial charge < -0.3 is 5.32 Å². The van der Waals surface area contributed by atoms with Crippen LogP contribution in [0.15, 0.2) is 35.9 Å². The SMILES string of the molecule is CC(C)C(NC(=O)/C=C/C=C/CC(C)C(Cl)(Cl)Cl)c1nccs1. The van der Waals surface area contributed by atoms with Crippen LogP contribution < -0.4 is 5.32 Å². The number of carbonyl (C=O) groups is 1. The van der Waals surface area contributed by atoms with Gasteiger partial charge in [0.25, 0.3) is 0 Å². The summed E-state index contributed by atoms with van der Waals surface area (Å²) in [5.74, 6) is 0.0124. The Balaban J connectivity index is 2.49. The molecule has 2 unspecified atom stereocenters. The van der Waals surface area contributed by atoms with Crippen LogP contribution in [0.4, 0.5) is 0 Å². The molecule has 1 rings (SSSR count). The molecule has 0 aliphatic rings. The van der Waals surface area contributed by atoms with Crippen molar-refractivity contribution in [2.75, 3.05) is 0 Å². The molecule has 0 aromatic carbocycles. The molecular weight excluding hydrogens is 375 g/mol. The Hall–Kier alpha value is -0.550. The highest BCUT2D eigenvalue weighted by molar-refractivity contribution is 7.09. The van der Waals surface area contributed by atoms with E-state index in [0.717, 1.165) is 5.01 Å². The number of allylic oxidation sites excluding steroid dienone is 3. The topological polar surface area (TPSA) is 42.0 Å². The molecule has 0 saturated carbocycles. The summed E-state index contributed by atoms with van der Waals surface area (Å²) in [6.45, 7) is 5.96. The predicted molar refractivity (Wildman–Crippen MR) is 100 cm³/mol. The highest BCUT2D eigenvalue weighted by Gasteiger charge is 2.27. The first-order valence-corrected chi connectivity index (χ1v) is 9.33. The average molecular weight is 396 g/mol. The maximum atomic E-state index is 12.0. The molecule has 0 bridgehead atoms. The predicted octanol–water partition coefficient (Wildman–Crippen LogP) is 5.47. The smallest absolute Gasteiger partial charge is 0.244 e. The second-order valence-corrected chi connectivity index (χ2v) is 8.86. The fraction of sp³-hybridized carbons (Fsp3) is 0.500. The van der Waals surface area contributed by atoms with E-state index in [1.54, 1.807) is 18.3 Å². The summed E-state index contributed by atoms with van der Waals surface area (Å²) in [4.78, 5) is 16.3. The molecule has 1 heterocycles. The third kappa shape index (κ3) is 7.71. The number of alkyl halides is 3. The van der Waals surface area contributed by atoms with Crippen LogP contribution in [-0.4, -0.2) is 14.7 Å². The number of nitrogens with one attached hydrogen (secondary N) is 1. The maximum Gasteiger partial charge on any atom is 0.244 e. The Morgan fingerprint density at radius 1 is 1.35 bits per heavy atom. The number of carbonyl (C=O) groups excluding carboxylic acids is 1. The van der Waals surface area contributed by atoms with Crippen molar-refractivity contribution >= 4 is 52.0 Å². The summed E-state index contributed by atoms with van der Waals surface area (Å²) in [6.07, 6.45) is 9.18. The van der Waals surface area contributed by atoms with Crippen molar-refractivity contribution in [1.29, 1.82) is 0 Å². The van der Waals surface area contributed by atoms with Gasteiger partial charge in [-0.05, 0) is 12.3 Å². The molecule has 1 aromatic rings. The normalized spacial score (nSPS) is 15.4. The quantitative estimate of drug-likeness (QED) is 0.378. The van der Waals surface area contributed by atoms with Gasteiger partial charge in [-0.2, -0.15) is 0 Å². The molecule has 1 N–H and O–H groups in total. The van der Waals surface area contributed by atoms with E-state index in [2.05, 4.69) is 10.3 Å². The van der Waals surface area contributed by atoms with Crippen molar-refractivity contribution in [3.8, 4) is 0 Å². The lowest BCUT2D eigenvalue weighted by molar-refractivity contribution is -0.117. The molecule has 3 nitrogen and oxygen atoms in total. The molecule has 7 heteroatoms. The average Bonchev–Trinajstić information content (AvgIpc) is 2.96. The van der Waals surface area contributed by atoms with E-state index in [0.29, 0.717) is 6.42 Å². The number of hydrogen-bond acceptors (Lipinski definition) is 3. The molecule has 0 fully saturated rings. The van der Waals surface area contributed by atoms with E-state index in [1.165, 1.54) is 17.4 Å². The van der Waals surface area contributed by atoms with Gasteiger partial charge in [0.2, 0.25) is 5.91 Å². The number of rotatable bonds is 7. The molecule has 2 atom stereocenters. The van der Waals surface area contributed by atoms with Crippen molar-refractivity contribution in [1.82, 2.24) is 10.3 Å². The first kappa shape index (κ1) is 20.5. The van der Waals surface area contributed by atoms with Gasteiger partial charge in [0, 0.05) is 23.6 Å². The van der Waals surface area contributed by atoms with Gasteiger partial charge in [-0.3, -0.25) is 4.79 Å². The molecule has 0 spiro atoms. The largest absolute Gasteiger partial charge is 0.343 e. The molecule has 1 aromatic heterocycles. The van der Waals surface area contributed by atoms with Gasteiger partial charge in [-0.25, -0.2) is 4.98 Å². The second kappa shape index (κ2) is 9.67. The van der Waals surface area contributed by atoms with Crippen LogP contribution in [0, 0.1) is 11.8 Å². The fourth-order valence-corrected chi connectivity index (χ4v) is 2.87. The number of halogens is 3. The summed E-state index contributed by atoms with van der Waals surface area (Å²) in [5.41, 5.74) is 0. The Morgan fingerprint density at radius 3 is 2.57 bits per heavy atom. The minimum absolute atomic E-state index is 0.0829. The minimum Gasteiger partial charge on any atom is -0.343 e. The van der Waals surface area contributed by atoms with E-state index in [9.17, 15) is 4.79 Å². The first-order chi connectivity index (χ1) is 10.7. The Bertz CT molecular complexity index is 536. The van der Waals surface area contributed by atoms with Crippen LogP contribution in [0.1, 0.15) is 38.2 Å². The zero-order chi connectivity index (χ0) is 17.5. The lowest BCUT2D eigenvalue weighted by atomic mass is 10.1. The van der Waals surface area contributed by atoms with Crippen molar-refractivity contribution in [3.05, 3.63) is 40.9 Å². The molecule has 1 amide bonds. The van der Waals surface area contributed by atoms with Gasteiger partial charge >= 0.3 is 0 Å². The third-order valence-electron chi connectivity index (χ3n) is 3.23. The highest BCUT2D eigenvalue weighted by Crippen LogP contribution is 2.36. The number of nitrogens with zero attached hydrogens (tertiary/aromatic N) is 1. The van der Waals surface area contributed by atoms with E-state index in [-0.39, 0.29) is 23.8 Å². The fourth-order valence-electron chi connectivity index (χ4n) is 1.74. The Kier molecular flexibility index (Phi) is 8.62. The van der Waals surface area contributed by atoms with Gasteiger partial charge in [0.1, 0.15) is 5.01 Å². The van der Waals surface area contributed by atoms with Crippen LogP contribution >= 0.6 is 46.1 Å². The third-order valence-corrected chi connectivity index (χ3v) is 5.20. The van der Waals surface area contributed by atoms with Crippen LogP contribution in [0.3, 0.4) is 0 Å². The van der Waals surface area contributed by atoms with E-state index in [1.807, 2.05) is 32.2 Å². The number of aromatic nitrogens is 1. The van der Waals surface area contributed by atoms with Gasteiger partial charge in [0.05, 0.1) is 6.04 Å². The number of amides is 1. The number of hydrogen-bond donors (Lipinski definition) is 1. The molecule has 128 valence electrons. The van der Waals surface area contributed by atoms with Gasteiger partial charge in [0.15, 0.2) is 3.79 Å². The maximum absolute atomic E-state index is 12.0. The Morgan fingerprint density at radius 2 is 2.04 bits per heavy atom. The van der Waals surface area contributed by atoms with E-state index < -0.39 is 3.79 Å². The monoisotopic (exact) mass is 394 g/mol. The van der Waals surface area contributed by atoms with Gasteiger partial charge in [-0.15, -0.1) is 11.3 Å². The summed E-state index contributed by atoms with van der Waals surface area (Å²) in [5, 5.41) is 5.78. The summed E-state index contributed by atoms with van der Waals surface area (Å²) >= 11 is 18.9. The van der Waals surface area contributed by atoms with Crippen LogP contribution in [0.25, 0.3) is 0 Å². The highest BCUT2D eigenvalue weighted by atomic mass is 35.6. The zero-order valence-corrected chi connectivity index (χ0v) is 16.4. The molecular formula is C16H21Cl3N2OS. The second-order valence-electron chi connectivity index (χ2n) is 5.57. The zero-order valence-electron chi connectivity index (χ0n) is 13.3. The minimum atomic E-state index is -1.27. The number of thiazole rings is 1. The van der Waals surface area contributed by atoms with Crippen molar-refractivity contribution < 1.29 is 4.79 Å². The van der Waals surface area contributed by atoms with Crippen molar-refractivity contribution in [2.24, 2.45) is 11.8 Å². The van der Waals surface area contributed by atoms with Crippen LogP contribution in [0.5, 0.6) is 0 Å².